The number of aliphatic carboxylic acids is 1. The highest BCUT2D eigenvalue weighted by molar-refractivity contribution is 6.30. The zero-order valence-corrected chi connectivity index (χ0v) is 11.4. The molecule has 0 heterocycles. The summed E-state index contributed by atoms with van der Waals surface area (Å²) in [5.41, 5.74) is 0.432. The van der Waals surface area contributed by atoms with Gasteiger partial charge in [-0.1, -0.05) is 43.5 Å². The van der Waals surface area contributed by atoms with Gasteiger partial charge in [0.25, 0.3) is 0 Å². The van der Waals surface area contributed by atoms with Crippen LogP contribution in [-0.4, -0.2) is 11.1 Å². The molecule has 2 rings (SSSR count). The van der Waals surface area contributed by atoms with E-state index in [9.17, 15) is 9.90 Å². The maximum absolute atomic E-state index is 11.7. The van der Waals surface area contributed by atoms with Gasteiger partial charge in [-0.25, -0.2) is 0 Å². The van der Waals surface area contributed by atoms with Gasteiger partial charge in [-0.2, -0.15) is 0 Å². The second-order valence-electron chi connectivity index (χ2n) is 5.59. The first-order valence-corrected chi connectivity index (χ1v) is 6.87. The van der Waals surface area contributed by atoms with Crippen LogP contribution in [-0.2, 0) is 11.2 Å². The van der Waals surface area contributed by atoms with Crippen LogP contribution < -0.4 is 0 Å². The van der Waals surface area contributed by atoms with E-state index in [-0.39, 0.29) is 0 Å². The van der Waals surface area contributed by atoms with E-state index >= 15 is 0 Å². The van der Waals surface area contributed by atoms with E-state index in [0.717, 1.165) is 31.2 Å². The van der Waals surface area contributed by atoms with E-state index in [4.69, 9.17) is 11.6 Å². The standard InChI is InChI=1S/C15H19ClO2/c1-11-4-3-7-15(9-11,14(17)18)10-12-5-2-6-13(16)8-12/h2,5-6,8,11H,3-4,7,9-10H2,1H3,(H,17,18). The number of carbonyl (C=O) groups is 1. The Balaban J connectivity index is 2.23. The Morgan fingerprint density at radius 1 is 1.56 bits per heavy atom. The lowest BCUT2D eigenvalue weighted by Crippen LogP contribution is -2.37. The SMILES string of the molecule is CC1CCCC(Cc2cccc(Cl)c2)(C(=O)O)C1. The van der Waals surface area contributed by atoms with E-state index in [2.05, 4.69) is 6.92 Å². The number of halogens is 1. The van der Waals surface area contributed by atoms with Crippen LogP contribution in [0.2, 0.25) is 5.02 Å². The molecule has 0 aliphatic heterocycles. The zero-order valence-electron chi connectivity index (χ0n) is 10.7. The molecule has 1 aliphatic carbocycles. The third-order valence-electron chi connectivity index (χ3n) is 3.98. The molecule has 1 saturated carbocycles. The minimum atomic E-state index is -0.658. The fourth-order valence-corrected chi connectivity index (χ4v) is 3.34. The van der Waals surface area contributed by atoms with E-state index in [1.165, 1.54) is 0 Å². The summed E-state index contributed by atoms with van der Waals surface area (Å²) in [4.78, 5) is 11.7. The van der Waals surface area contributed by atoms with Gasteiger partial charge in [0.2, 0.25) is 0 Å². The lowest BCUT2D eigenvalue weighted by molar-refractivity contribution is -0.152. The first kappa shape index (κ1) is 13.4. The Labute approximate surface area is 113 Å². The molecule has 2 unspecified atom stereocenters. The van der Waals surface area contributed by atoms with Crippen molar-refractivity contribution in [3.63, 3.8) is 0 Å². The fourth-order valence-electron chi connectivity index (χ4n) is 3.13. The largest absolute Gasteiger partial charge is 0.481 e. The first-order chi connectivity index (χ1) is 8.52. The van der Waals surface area contributed by atoms with E-state index in [1.807, 2.05) is 24.3 Å². The van der Waals surface area contributed by atoms with E-state index in [0.29, 0.717) is 17.4 Å². The summed E-state index contributed by atoms with van der Waals surface area (Å²) in [5, 5.41) is 10.3. The average molecular weight is 267 g/mol. The van der Waals surface area contributed by atoms with Gasteiger partial charge in [0.1, 0.15) is 0 Å². The third kappa shape index (κ3) is 2.86. The summed E-state index contributed by atoms with van der Waals surface area (Å²) in [6.07, 6.45) is 4.29. The molecule has 1 aromatic carbocycles. The minimum Gasteiger partial charge on any atom is -0.481 e. The van der Waals surface area contributed by atoms with Gasteiger partial charge in [-0.3, -0.25) is 4.79 Å². The van der Waals surface area contributed by atoms with Crippen LogP contribution in [0.1, 0.15) is 38.2 Å². The molecule has 0 saturated heterocycles. The van der Waals surface area contributed by atoms with Gasteiger partial charge >= 0.3 is 5.97 Å². The molecule has 1 N–H and O–H groups in total. The highest BCUT2D eigenvalue weighted by atomic mass is 35.5. The molecule has 2 atom stereocenters. The quantitative estimate of drug-likeness (QED) is 0.892. The lowest BCUT2D eigenvalue weighted by atomic mass is 9.67. The molecule has 1 aromatic rings. The van der Waals surface area contributed by atoms with Crippen molar-refractivity contribution in [1.29, 1.82) is 0 Å². The topological polar surface area (TPSA) is 37.3 Å². The molecule has 0 amide bonds. The number of benzene rings is 1. The summed E-state index contributed by atoms with van der Waals surface area (Å²) < 4.78 is 0. The maximum Gasteiger partial charge on any atom is 0.309 e. The van der Waals surface area contributed by atoms with Gasteiger partial charge in [-0.05, 0) is 42.9 Å². The van der Waals surface area contributed by atoms with Gasteiger partial charge in [-0.15, -0.1) is 0 Å². The second kappa shape index (κ2) is 5.31. The van der Waals surface area contributed by atoms with Crippen LogP contribution in [0.3, 0.4) is 0 Å². The molecule has 0 bridgehead atoms. The van der Waals surface area contributed by atoms with E-state index < -0.39 is 11.4 Å². The van der Waals surface area contributed by atoms with Crippen molar-refractivity contribution in [3.05, 3.63) is 34.9 Å². The minimum absolute atomic E-state index is 0.494. The molecule has 1 aliphatic rings. The Morgan fingerprint density at radius 2 is 2.33 bits per heavy atom. The molecule has 2 nitrogen and oxygen atoms in total. The number of carboxylic acids is 1. The van der Waals surface area contributed by atoms with Crippen LogP contribution in [0.15, 0.2) is 24.3 Å². The molecule has 0 aromatic heterocycles. The number of hydrogen-bond acceptors (Lipinski definition) is 1. The predicted octanol–water partition coefficient (Wildman–Crippen LogP) is 4.16. The number of rotatable bonds is 3. The summed E-state index contributed by atoms with van der Waals surface area (Å²) in [6, 6.07) is 7.56. The smallest absolute Gasteiger partial charge is 0.309 e. The van der Waals surface area contributed by atoms with Crippen molar-refractivity contribution in [2.24, 2.45) is 11.3 Å². The van der Waals surface area contributed by atoms with Gasteiger partial charge in [0.05, 0.1) is 5.41 Å². The molecule has 1 fully saturated rings. The number of hydrogen-bond donors (Lipinski definition) is 1. The van der Waals surface area contributed by atoms with Gasteiger partial charge in [0.15, 0.2) is 0 Å². The van der Waals surface area contributed by atoms with Crippen molar-refractivity contribution in [2.75, 3.05) is 0 Å². The molecule has 98 valence electrons. The Morgan fingerprint density at radius 3 is 2.94 bits per heavy atom. The van der Waals surface area contributed by atoms with Crippen LogP contribution in [0.5, 0.6) is 0 Å². The van der Waals surface area contributed by atoms with Crippen molar-refractivity contribution in [3.8, 4) is 0 Å². The highest BCUT2D eigenvalue weighted by Crippen LogP contribution is 2.42. The summed E-state index contributed by atoms with van der Waals surface area (Å²) in [6.45, 7) is 2.15. The average Bonchev–Trinajstić information content (AvgIpc) is 2.28. The maximum atomic E-state index is 11.7. The summed E-state index contributed by atoms with van der Waals surface area (Å²) in [5.74, 6) is -0.164. The highest BCUT2D eigenvalue weighted by Gasteiger charge is 2.41. The first-order valence-electron chi connectivity index (χ1n) is 6.50. The van der Waals surface area contributed by atoms with Crippen LogP contribution in [0.4, 0.5) is 0 Å². The van der Waals surface area contributed by atoms with Crippen molar-refractivity contribution < 1.29 is 9.90 Å². The van der Waals surface area contributed by atoms with E-state index in [1.54, 1.807) is 0 Å². The van der Waals surface area contributed by atoms with Gasteiger partial charge < -0.3 is 5.11 Å². The van der Waals surface area contributed by atoms with Crippen molar-refractivity contribution in [1.82, 2.24) is 0 Å². The number of carboxylic acid groups (broad SMARTS) is 1. The predicted molar refractivity (Wildman–Crippen MR) is 72.9 cm³/mol. The van der Waals surface area contributed by atoms with Crippen LogP contribution in [0.25, 0.3) is 0 Å². The van der Waals surface area contributed by atoms with Gasteiger partial charge in [0, 0.05) is 5.02 Å². The Kier molecular flexibility index (Phi) is 3.96. The van der Waals surface area contributed by atoms with Crippen molar-refractivity contribution >= 4 is 17.6 Å². The zero-order chi connectivity index (χ0) is 13.2. The molecular formula is C15H19ClO2. The molecule has 3 heteroatoms. The molecule has 18 heavy (non-hydrogen) atoms. The fraction of sp³-hybridized carbons (Fsp3) is 0.533. The lowest BCUT2D eigenvalue weighted by Gasteiger charge is -2.36. The Bertz CT molecular complexity index is 444. The van der Waals surface area contributed by atoms with Crippen LogP contribution >= 0.6 is 11.6 Å². The summed E-state index contributed by atoms with van der Waals surface area (Å²) in [7, 11) is 0. The molecule has 0 spiro atoms. The third-order valence-corrected chi connectivity index (χ3v) is 4.21. The normalized spacial score (nSPS) is 28.0. The monoisotopic (exact) mass is 266 g/mol. The molecule has 0 radical (unpaired) electrons. The van der Waals surface area contributed by atoms with Crippen LogP contribution in [0, 0.1) is 11.3 Å². The Hall–Kier alpha value is -1.02. The summed E-state index contributed by atoms with van der Waals surface area (Å²) >= 11 is 5.97. The second-order valence-corrected chi connectivity index (χ2v) is 6.03. The molecular weight excluding hydrogens is 248 g/mol. The van der Waals surface area contributed by atoms with Crippen molar-refractivity contribution in [2.45, 2.75) is 39.0 Å².